The number of nitrogens with zero attached hydrogens (tertiary/aromatic N) is 3. The van der Waals surface area contributed by atoms with Crippen LogP contribution in [-0.2, 0) is 4.79 Å². The number of anilines is 1. The van der Waals surface area contributed by atoms with E-state index in [2.05, 4.69) is 10.4 Å². The Morgan fingerprint density at radius 2 is 2.24 bits per heavy atom. The van der Waals surface area contributed by atoms with Crippen molar-refractivity contribution in [3.63, 3.8) is 0 Å². The maximum atomic E-state index is 13.2. The van der Waals surface area contributed by atoms with Gasteiger partial charge in [-0.15, -0.1) is 0 Å². The molecule has 1 N–H and O–H groups in total. The van der Waals surface area contributed by atoms with E-state index in [-0.39, 0.29) is 5.69 Å². The molecule has 1 aromatic heterocycles. The molecule has 0 saturated carbocycles. The molecule has 2 rings (SSSR count). The number of rotatable bonds is 4. The third-order valence-electron chi connectivity index (χ3n) is 3.03. The van der Waals surface area contributed by atoms with Gasteiger partial charge >= 0.3 is 5.69 Å². The van der Waals surface area contributed by atoms with Gasteiger partial charge in [-0.25, -0.2) is 4.39 Å². The zero-order chi connectivity index (χ0) is 15.6. The summed E-state index contributed by atoms with van der Waals surface area (Å²) in [5.41, 5.74) is 0.869. The van der Waals surface area contributed by atoms with Gasteiger partial charge in [0.2, 0.25) is 5.91 Å². The second-order valence-corrected chi connectivity index (χ2v) is 4.56. The lowest BCUT2D eigenvalue weighted by molar-refractivity contribution is -0.385. The number of aromatic nitrogens is 2. The average Bonchev–Trinajstić information content (AvgIpc) is 2.91. The number of halogens is 1. The van der Waals surface area contributed by atoms with Gasteiger partial charge in [0.15, 0.2) is 0 Å². The number of amides is 1. The van der Waals surface area contributed by atoms with Crippen molar-refractivity contribution in [2.45, 2.75) is 19.9 Å². The lowest BCUT2D eigenvalue weighted by Gasteiger charge is -2.13. The Kier molecular flexibility index (Phi) is 3.97. The smallest absolute Gasteiger partial charge is 0.307 e. The zero-order valence-corrected chi connectivity index (χ0v) is 11.4. The maximum Gasteiger partial charge on any atom is 0.307 e. The molecule has 1 aromatic carbocycles. The van der Waals surface area contributed by atoms with Crippen molar-refractivity contribution in [3.05, 3.63) is 52.1 Å². The van der Waals surface area contributed by atoms with Crippen molar-refractivity contribution in [1.29, 1.82) is 0 Å². The summed E-state index contributed by atoms with van der Waals surface area (Å²) in [6.45, 7) is 3.28. The van der Waals surface area contributed by atoms with E-state index in [0.29, 0.717) is 11.3 Å². The molecule has 0 fully saturated rings. The molecule has 21 heavy (non-hydrogen) atoms. The quantitative estimate of drug-likeness (QED) is 0.692. The van der Waals surface area contributed by atoms with E-state index in [0.717, 1.165) is 6.20 Å². The van der Waals surface area contributed by atoms with Crippen LogP contribution in [0.4, 0.5) is 15.8 Å². The van der Waals surface area contributed by atoms with E-state index in [4.69, 9.17) is 0 Å². The van der Waals surface area contributed by atoms with Crippen molar-refractivity contribution >= 4 is 17.3 Å². The van der Waals surface area contributed by atoms with Crippen LogP contribution in [0.25, 0.3) is 0 Å². The van der Waals surface area contributed by atoms with E-state index in [1.165, 1.54) is 23.0 Å². The Bertz CT molecular complexity index is 698. The summed E-state index contributed by atoms with van der Waals surface area (Å²) in [4.78, 5) is 22.1. The number of carbonyl (C=O) groups excluding carboxylic acids is 1. The first kappa shape index (κ1) is 14.6. The summed E-state index contributed by atoms with van der Waals surface area (Å²) < 4.78 is 14.4. The van der Waals surface area contributed by atoms with Crippen LogP contribution in [0.15, 0.2) is 30.6 Å². The Balaban J connectivity index is 2.15. The van der Waals surface area contributed by atoms with Gasteiger partial charge in [0.1, 0.15) is 24.3 Å². The summed E-state index contributed by atoms with van der Waals surface area (Å²) in [6, 6.07) is 3.30. The van der Waals surface area contributed by atoms with Crippen LogP contribution < -0.4 is 5.32 Å². The lowest BCUT2D eigenvalue weighted by Crippen LogP contribution is -2.24. The van der Waals surface area contributed by atoms with Crippen LogP contribution in [0.5, 0.6) is 0 Å². The van der Waals surface area contributed by atoms with Crippen LogP contribution in [-0.4, -0.2) is 20.6 Å². The third kappa shape index (κ3) is 3.22. The fourth-order valence-electron chi connectivity index (χ4n) is 1.72. The zero-order valence-electron chi connectivity index (χ0n) is 11.4. The largest absolute Gasteiger partial charge is 0.324 e. The lowest BCUT2D eigenvalue weighted by atomic mass is 10.2. The monoisotopic (exact) mass is 292 g/mol. The summed E-state index contributed by atoms with van der Waals surface area (Å²) in [5.74, 6) is -0.903. The van der Waals surface area contributed by atoms with Crippen LogP contribution in [0.1, 0.15) is 18.5 Å². The second-order valence-electron chi connectivity index (χ2n) is 4.56. The van der Waals surface area contributed by atoms with Gasteiger partial charge in [-0.2, -0.15) is 5.10 Å². The maximum absolute atomic E-state index is 13.2. The van der Waals surface area contributed by atoms with Gasteiger partial charge in [0, 0.05) is 5.69 Å². The highest BCUT2D eigenvalue weighted by Crippen LogP contribution is 2.19. The Morgan fingerprint density at radius 3 is 2.86 bits per heavy atom. The van der Waals surface area contributed by atoms with Crippen molar-refractivity contribution in [2.24, 2.45) is 0 Å². The molecule has 0 spiro atoms. The topological polar surface area (TPSA) is 90.1 Å². The van der Waals surface area contributed by atoms with Crippen LogP contribution >= 0.6 is 0 Å². The van der Waals surface area contributed by atoms with E-state index >= 15 is 0 Å². The van der Waals surface area contributed by atoms with E-state index in [1.807, 2.05) is 0 Å². The highest BCUT2D eigenvalue weighted by Gasteiger charge is 2.19. The van der Waals surface area contributed by atoms with Crippen molar-refractivity contribution < 1.29 is 14.1 Å². The van der Waals surface area contributed by atoms with Crippen molar-refractivity contribution in [3.8, 4) is 0 Å². The number of nitro groups is 1. The molecule has 1 atom stereocenters. The molecule has 110 valence electrons. The van der Waals surface area contributed by atoms with E-state index in [1.54, 1.807) is 19.9 Å². The fourth-order valence-corrected chi connectivity index (χ4v) is 1.72. The van der Waals surface area contributed by atoms with Gasteiger partial charge < -0.3 is 5.32 Å². The minimum Gasteiger partial charge on any atom is -0.324 e. The minimum absolute atomic E-state index is 0.198. The number of aryl methyl sites for hydroxylation is 1. The third-order valence-corrected chi connectivity index (χ3v) is 3.03. The summed E-state index contributed by atoms with van der Waals surface area (Å²) in [6.07, 6.45) is 2.24. The highest BCUT2D eigenvalue weighted by molar-refractivity contribution is 5.94. The summed E-state index contributed by atoms with van der Waals surface area (Å²) >= 11 is 0. The Morgan fingerprint density at radius 1 is 1.52 bits per heavy atom. The normalized spacial score (nSPS) is 12.0. The first-order valence-electron chi connectivity index (χ1n) is 6.14. The minimum atomic E-state index is -0.763. The first-order chi connectivity index (χ1) is 9.88. The molecule has 0 unspecified atom stereocenters. The molecule has 0 aliphatic heterocycles. The molecule has 0 saturated heterocycles. The molecule has 2 aromatic rings. The van der Waals surface area contributed by atoms with Crippen LogP contribution in [0.2, 0.25) is 0 Å². The van der Waals surface area contributed by atoms with Gasteiger partial charge in [-0.1, -0.05) is 6.07 Å². The predicted octanol–water partition coefficient (Wildman–Crippen LogP) is 2.44. The molecular formula is C13H13FN4O3. The first-order valence-corrected chi connectivity index (χ1v) is 6.14. The summed E-state index contributed by atoms with van der Waals surface area (Å²) in [5, 5.41) is 16.9. The standard InChI is InChI=1S/C13H13FN4O3/c1-8-3-4-10(14)5-12(8)16-13(19)9(2)17-7-11(6-15-17)18(20)21/h3-7,9H,1-2H3,(H,16,19)/t9-/m0/s1. The van der Waals surface area contributed by atoms with Gasteiger partial charge in [-0.3, -0.25) is 19.6 Å². The average molecular weight is 292 g/mol. The molecule has 0 aliphatic rings. The Hall–Kier alpha value is -2.77. The Labute approximate surface area is 119 Å². The molecule has 0 aliphatic carbocycles. The predicted molar refractivity (Wildman–Crippen MR) is 73.4 cm³/mol. The molecular weight excluding hydrogens is 279 g/mol. The molecule has 1 heterocycles. The SMILES string of the molecule is Cc1ccc(F)cc1NC(=O)[C@H](C)n1cc([N+](=O)[O-])cn1. The number of hydrogen-bond acceptors (Lipinski definition) is 4. The van der Waals surface area contributed by atoms with Crippen molar-refractivity contribution in [2.75, 3.05) is 5.32 Å². The second kappa shape index (κ2) is 5.70. The molecule has 8 heteroatoms. The fraction of sp³-hybridized carbons (Fsp3) is 0.231. The van der Waals surface area contributed by atoms with Gasteiger partial charge in [0.25, 0.3) is 0 Å². The van der Waals surface area contributed by atoms with Crippen molar-refractivity contribution in [1.82, 2.24) is 9.78 Å². The van der Waals surface area contributed by atoms with E-state index in [9.17, 15) is 19.3 Å². The number of hydrogen-bond donors (Lipinski definition) is 1. The van der Waals surface area contributed by atoms with Crippen LogP contribution in [0.3, 0.4) is 0 Å². The molecule has 1 amide bonds. The molecule has 7 nitrogen and oxygen atoms in total. The summed E-state index contributed by atoms with van der Waals surface area (Å²) in [7, 11) is 0. The molecule has 0 radical (unpaired) electrons. The van der Waals surface area contributed by atoms with Crippen LogP contribution in [0, 0.1) is 22.9 Å². The van der Waals surface area contributed by atoms with Gasteiger partial charge in [-0.05, 0) is 31.5 Å². The number of benzene rings is 1. The van der Waals surface area contributed by atoms with Gasteiger partial charge in [0.05, 0.1) is 4.92 Å². The van der Waals surface area contributed by atoms with E-state index < -0.39 is 22.7 Å². The number of carbonyl (C=O) groups is 1. The highest BCUT2D eigenvalue weighted by atomic mass is 19.1. The molecule has 0 bridgehead atoms. The number of nitrogens with one attached hydrogen (secondary N) is 1.